The fourth-order valence-electron chi connectivity index (χ4n) is 4.90. The lowest BCUT2D eigenvalue weighted by atomic mass is 9.89. The average Bonchev–Trinajstić information content (AvgIpc) is 2.84. The van der Waals surface area contributed by atoms with Gasteiger partial charge in [0.05, 0.1) is 13.2 Å². The van der Waals surface area contributed by atoms with E-state index in [-0.39, 0.29) is 31.0 Å². The summed E-state index contributed by atoms with van der Waals surface area (Å²) in [6, 6.07) is 10.8. The van der Waals surface area contributed by atoms with Gasteiger partial charge in [0.25, 0.3) is 0 Å². The van der Waals surface area contributed by atoms with Crippen molar-refractivity contribution < 1.29 is 28.9 Å². The molecule has 188 valence electrons. The van der Waals surface area contributed by atoms with Crippen molar-refractivity contribution in [2.45, 2.75) is 45.3 Å². The van der Waals surface area contributed by atoms with Gasteiger partial charge in [0.1, 0.15) is 23.4 Å². The third kappa shape index (κ3) is 4.90. The molecule has 0 aliphatic carbocycles. The van der Waals surface area contributed by atoms with Gasteiger partial charge in [-0.2, -0.15) is 0 Å². The molecule has 0 unspecified atom stereocenters. The molecule has 3 aromatic rings. The topological polar surface area (TPSA) is 113 Å². The average molecular weight is 493 g/mol. The highest BCUT2D eigenvalue weighted by molar-refractivity contribution is 5.88. The smallest absolute Gasteiger partial charge is 0.326 e. The van der Waals surface area contributed by atoms with Crippen LogP contribution in [-0.2, 0) is 29.0 Å². The van der Waals surface area contributed by atoms with Gasteiger partial charge in [-0.05, 0) is 90.0 Å². The van der Waals surface area contributed by atoms with Crippen molar-refractivity contribution in [3.63, 3.8) is 0 Å². The van der Waals surface area contributed by atoms with Crippen molar-refractivity contribution in [3.05, 3.63) is 82.2 Å². The second-order valence-electron chi connectivity index (χ2n) is 9.22. The Hall–Kier alpha value is -3.91. The van der Waals surface area contributed by atoms with Crippen molar-refractivity contribution in [1.82, 2.24) is 4.90 Å². The summed E-state index contributed by atoms with van der Waals surface area (Å²) >= 11 is 0. The lowest BCUT2D eigenvalue weighted by Gasteiger charge is -2.36. The molecule has 1 heterocycles. The first-order chi connectivity index (χ1) is 17.1. The summed E-state index contributed by atoms with van der Waals surface area (Å²) < 4.78 is 19.0. The zero-order valence-electron chi connectivity index (χ0n) is 20.4. The highest BCUT2D eigenvalue weighted by atomic mass is 19.1. The van der Waals surface area contributed by atoms with E-state index in [1.807, 2.05) is 19.9 Å². The summed E-state index contributed by atoms with van der Waals surface area (Å²) in [4.78, 5) is 26.9. The molecule has 8 heteroatoms. The van der Waals surface area contributed by atoms with Crippen molar-refractivity contribution >= 4 is 11.9 Å². The van der Waals surface area contributed by atoms with Gasteiger partial charge in [-0.1, -0.05) is 12.1 Å². The number of carboxylic acid groups (broad SMARTS) is 1. The number of aryl methyl sites for hydroxylation is 2. The zero-order chi connectivity index (χ0) is 26.1. The number of methoxy groups -OCH3 is 1. The molecular weight excluding hydrogens is 463 g/mol. The molecule has 1 aliphatic heterocycles. The largest absolute Gasteiger partial charge is 0.508 e. The maximum absolute atomic E-state index is 13.4. The number of carboxylic acids is 1. The molecule has 0 aromatic heterocycles. The van der Waals surface area contributed by atoms with Gasteiger partial charge >= 0.3 is 5.97 Å². The monoisotopic (exact) mass is 492 g/mol. The first-order valence-electron chi connectivity index (χ1n) is 11.6. The Labute approximate surface area is 208 Å². The standard InChI is InChI=1S/C28H29FN2O5/c1-15-8-21(32)9-16(2)22(15)13-24(30)27(33)31-14-19-12-26(36-3)23(17-4-6-20(29)7-5-17)10-18(19)11-25(31)28(34)35/h4-10,12,24-25,32H,11,13-14,30H2,1-3H3,(H,34,35)/t24-,25-/m0/s1. The number of nitrogens with two attached hydrogens (primary N) is 1. The van der Waals surface area contributed by atoms with E-state index >= 15 is 0 Å². The van der Waals surface area contributed by atoms with Crippen LogP contribution in [0.5, 0.6) is 11.5 Å². The number of phenolic OH excluding ortho intramolecular Hbond substituents is 1. The molecule has 4 N–H and O–H groups in total. The number of ether oxygens (including phenoxy) is 1. The van der Waals surface area contributed by atoms with Gasteiger partial charge < -0.3 is 25.6 Å². The van der Waals surface area contributed by atoms with Crippen LogP contribution in [0, 0.1) is 19.7 Å². The molecule has 7 nitrogen and oxygen atoms in total. The van der Waals surface area contributed by atoms with Crippen molar-refractivity contribution in [1.29, 1.82) is 0 Å². The molecular formula is C28H29FN2O5. The second kappa shape index (κ2) is 9.99. The van der Waals surface area contributed by atoms with Gasteiger partial charge in [0.15, 0.2) is 0 Å². The highest BCUT2D eigenvalue weighted by Crippen LogP contribution is 2.36. The maximum atomic E-state index is 13.4. The summed E-state index contributed by atoms with van der Waals surface area (Å²) in [6.45, 7) is 3.75. The van der Waals surface area contributed by atoms with E-state index in [0.717, 1.165) is 38.9 Å². The molecule has 1 aliphatic rings. The molecule has 0 bridgehead atoms. The number of halogens is 1. The van der Waals surface area contributed by atoms with Gasteiger partial charge in [0, 0.05) is 18.5 Å². The number of carbonyl (C=O) groups excluding carboxylic acids is 1. The summed E-state index contributed by atoms with van der Waals surface area (Å²) in [5.41, 5.74) is 11.8. The lowest BCUT2D eigenvalue weighted by molar-refractivity contribution is -0.152. The Bertz CT molecular complexity index is 1300. The summed E-state index contributed by atoms with van der Waals surface area (Å²) in [5.74, 6) is -1.24. The first kappa shape index (κ1) is 25.2. The number of aromatic hydroxyl groups is 1. The van der Waals surface area contributed by atoms with Crippen molar-refractivity contribution in [3.8, 4) is 22.6 Å². The van der Waals surface area contributed by atoms with Crippen LogP contribution in [0.25, 0.3) is 11.1 Å². The normalized spacial score (nSPS) is 15.8. The van der Waals surface area contributed by atoms with Crippen molar-refractivity contribution in [2.24, 2.45) is 5.73 Å². The number of benzene rings is 3. The van der Waals surface area contributed by atoms with Gasteiger partial charge in [-0.15, -0.1) is 0 Å². The number of amides is 1. The van der Waals surface area contributed by atoms with Crippen LogP contribution < -0.4 is 10.5 Å². The summed E-state index contributed by atoms with van der Waals surface area (Å²) in [6.07, 6.45) is 0.331. The van der Waals surface area contributed by atoms with E-state index < -0.39 is 24.0 Å². The van der Waals surface area contributed by atoms with Crippen LogP contribution in [0.4, 0.5) is 4.39 Å². The number of nitrogens with zero attached hydrogens (tertiary/aromatic N) is 1. The Morgan fingerprint density at radius 2 is 1.75 bits per heavy atom. The fraction of sp³-hybridized carbons (Fsp3) is 0.286. The number of carbonyl (C=O) groups is 2. The minimum atomic E-state index is -1.11. The number of fused-ring (bicyclic) bond motifs is 1. The minimum Gasteiger partial charge on any atom is -0.508 e. The van der Waals surface area contributed by atoms with Crippen LogP contribution in [0.15, 0.2) is 48.5 Å². The number of rotatable bonds is 6. The molecule has 0 saturated heterocycles. The molecule has 0 saturated carbocycles. The first-order valence-corrected chi connectivity index (χ1v) is 11.6. The SMILES string of the molecule is COc1cc2c(cc1-c1ccc(F)cc1)C[C@@H](C(=O)O)N(C(=O)[C@@H](N)Cc1c(C)cc(O)cc1C)C2. The van der Waals surface area contributed by atoms with Gasteiger partial charge in [0.2, 0.25) is 5.91 Å². The molecule has 0 fully saturated rings. The van der Waals surface area contributed by atoms with E-state index in [0.29, 0.717) is 5.75 Å². The van der Waals surface area contributed by atoms with E-state index in [1.54, 1.807) is 30.3 Å². The van der Waals surface area contributed by atoms with Crippen LogP contribution >= 0.6 is 0 Å². The molecule has 36 heavy (non-hydrogen) atoms. The molecule has 4 rings (SSSR count). The third-order valence-corrected chi connectivity index (χ3v) is 6.80. The van der Waals surface area contributed by atoms with Crippen LogP contribution in [0.3, 0.4) is 0 Å². The Morgan fingerprint density at radius 1 is 1.11 bits per heavy atom. The molecule has 1 amide bonds. The van der Waals surface area contributed by atoms with Crippen LogP contribution in [0.2, 0.25) is 0 Å². The predicted molar refractivity (Wildman–Crippen MR) is 133 cm³/mol. The van der Waals surface area contributed by atoms with Gasteiger partial charge in [-0.3, -0.25) is 4.79 Å². The molecule has 2 atom stereocenters. The Balaban J connectivity index is 1.65. The summed E-state index contributed by atoms with van der Waals surface area (Å²) in [7, 11) is 1.53. The Morgan fingerprint density at radius 3 is 2.33 bits per heavy atom. The lowest BCUT2D eigenvalue weighted by Crippen LogP contribution is -2.54. The van der Waals surface area contributed by atoms with E-state index in [1.165, 1.54) is 24.1 Å². The third-order valence-electron chi connectivity index (χ3n) is 6.80. The number of hydrogen-bond donors (Lipinski definition) is 3. The molecule has 0 spiro atoms. The van der Waals surface area contributed by atoms with Gasteiger partial charge in [-0.25, -0.2) is 9.18 Å². The predicted octanol–water partition coefficient (Wildman–Crippen LogP) is 3.73. The quantitative estimate of drug-likeness (QED) is 0.483. The van der Waals surface area contributed by atoms with Crippen molar-refractivity contribution in [2.75, 3.05) is 7.11 Å². The minimum absolute atomic E-state index is 0.0758. The van der Waals surface area contributed by atoms with E-state index in [2.05, 4.69) is 0 Å². The second-order valence-corrected chi connectivity index (χ2v) is 9.22. The maximum Gasteiger partial charge on any atom is 0.326 e. The van der Waals surface area contributed by atoms with Crippen LogP contribution in [-0.4, -0.2) is 46.2 Å². The van der Waals surface area contributed by atoms with E-state index in [9.17, 15) is 24.2 Å². The fourth-order valence-corrected chi connectivity index (χ4v) is 4.90. The molecule has 3 aromatic carbocycles. The number of phenols is 1. The number of aliphatic carboxylic acids is 1. The van der Waals surface area contributed by atoms with Crippen LogP contribution in [0.1, 0.15) is 27.8 Å². The number of hydrogen-bond acceptors (Lipinski definition) is 5. The Kier molecular flexibility index (Phi) is 6.99. The molecule has 0 radical (unpaired) electrons. The highest BCUT2D eigenvalue weighted by Gasteiger charge is 2.37. The summed E-state index contributed by atoms with van der Waals surface area (Å²) in [5, 5.41) is 19.8. The van der Waals surface area contributed by atoms with E-state index in [4.69, 9.17) is 10.5 Å². The zero-order valence-corrected chi connectivity index (χ0v) is 20.4.